The van der Waals surface area contributed by atoms with Gasteiger partial charge in [-0.25, -0.2) is 4.39 Å². The lowest BCUT2D eigenvalue weighted by Crippen LogP contribution is -2.50. The molecule has 0 saturated heterocycles. The summed E-state index contributed by atoms with van der Waals surface area (Å²) in [6.07, 6.45) is 1.25. The average molecular weight is 416 g/mol. The molecule has 7 heteroatoms. The average Bonchev–Trinajstić information content (AvgIpc) is 2.77. The summed E-state index contributed by atoms with van der Waals surface area (Å²) in [5, 5.41) is 2.85. The third-order valence-electron chi connectivity index (χ3n) is 4.62. The minimum atomic E-state index is -0.645. The number of carbonyl (C=O) groups is 2. The van der Waals surface area contributed by atoms with Crippen LogP contribution in [0.3, 0.4) is 0 Å². The summed E-state index contributed by atoms with van der Waals surface area (Å²) in [6, 6.07) is 12.1. The summed E-state index contributed by atoms with van der Waals surface area (Å²) < 4.78 is 24.0. The molecule has 0 aliphatic rings. The van der Waals surface area contributed by atoms with E-state index in [0.29, 0.717) is 24.5 Å². The van der Waals surface area contributed by atoms with E-state index in [2.05, 4.69) is 5.32 Å². The number of rotatable bonds is 11. The zero-order chi connectivity index (χ0) is 21.9. The van der Waals surface area contributed by atoms with Crippen LogP contribution in [0.15, 0.2) is 48.5 Å². The zero-order valence-corrected chi connectivity index (χ0v) is 17.7. The van der Waals surface area contributed by atoms with E-state index in [-0.39, 0.29) is 30.8 Å². The number of hydrogen-bond donors (Lipinski definition) is 1. The van der Waals surface area contributed by atoms with Gasteiger partial charge in [-0.15, -0.1) is 0 Å². The predicted molar refractivity (Wildman–Crippen MR) is 113 cm³/mol. The highest BCUT2D eigenvalue weighted by Gasteiger charge is 2.28. The molecule has 0 saturated carbocycles. The molecule has 0 aliphatic carbocycles. The number of hydrogen-bond acceptors (Lipinski definition) is 4. The van der Waals surface area contributed by atoms with Crippen molar-refractivity contribution < 1.29 is 23.5 Å². The fraction of sp³-hybridized carbons (Fsp3) is 0.391. The summed E-state index contributed by atoms with van der Waals surface area (Å²) in [5.41, 5.74) is 0.732. The molecule has 2 aromatic carbocycles. The van der Waals surface area contributed by atoms with Crippen molar-refractivity contribution in [2.45, 2.75) is 39.3 Å². The van der Waals surface area contributed by atoms with Gasteiger partial charge in [0.15, 0.2) is 6.61 Å². The van der Waals surface area contributed by atoms with Crippen LogP contribution < -0.4 is 14.8 Å². The normalized spacial score (nSPS) is 11.5. The van der Waals surface area contributed by atoms with Crippen molar-refractivity contribution >= 4 is 11.8 Å². The first kappa shape index (κ1) is 23.2. The Hall–Kier alpha value is -3.09. The summed E-state index contributed by atoms with van der Waals surface area (Å²) >= 11 is 0. The second-order valence-electron chi connectivity index (χ2n) is 6.83. The van der Waals surface area contributed by atoms with Crippen LogP contribution in [0.5, 0.6) is 11.5 Å². The van der Waals surface area contributed by atoms with E-state index in [4.69, 9.17) is 9.47 Å². The number of methoxy groups -OCH3 is 1. The van der Waals surface area contributed by atoms with Crippen molar-refractivity contribution in [3.63, 3.8) is 0 Å². The van der Waals surface area contributed by atoms with Gasteiger partial charge < -0.3 is 19.7 Å². The first-order valence-electron chi connectivity index (χ1n) is 10.1. The molecule has 162 valence electrons. The lowest BCUT2D eigenvalue weighted by Gasteiger charge is -2.30. The van der Waals surface area contributed by atoms with E-state index < -0.39 is 6.04 Å². The van der Waals surface area contributed by atoms with Crippen molar-refractivity contribution in [2.24, 2.45) is 0 Å². The van der Waals surface area contributed by atoms with Crippen LogP contribution >= 0.6 is 0 Å². The monoisotopic (exact) mass is 416 g/mol. The van der Waals surface area contributed by atoms with Crippen LogP contribution in [0.2, 0.25) is 0 Å². The van der Waals surface area contributed by atoms with Crippen molar-refractivity contribution in [3.05, 3.63) is 59.9 Å². The van der Waals surface area contributed by atoms with E-state index in [1.54, 1.807) is 43.5 Å². The first-order chi connectivity index (χ1) is 14.5. The maximum atomic E-state index is 13.3. The zero-order valence-electron chi connectivity index (χ0n) is 17.7. The summed E-state index contributed by atoms with van der Waals surface area (Å²) in [6.45, 7) is 4.32. The number of halogens is 1. The lowest BCUT2D eigenvalue weighted by molar-refractivity contribution is -0.143. The molecule has 0 fully saturated rings. The minimum Gasteiger partial charge on any atom is -0.497 e. The summed E-state index contributed by atoms with van der Waals surface area (Å²) in [5.74, 6) is 0.319. The number of benzene rings is 2. The second kappa shape index (κ2) is 11.8. The van der Waals surface area contributed by atoms with E-state index in [1.807, 2.05) is 13.8 Å². The van der Waals surface area contributed by atoms with Crippen LogP contribution in [-0.2, 0) is 16.1 Å². The molecule has 0 spiro atoms. The number of ether oxygens (including phenoxy) is 2. The fourth-order valence-corrected chi connectivity index (χ4v) is 2.97. The van der Waals surface area contributed by atoms with E-state index in [0.717, 1.165) is 12.0 Å². The number of carbonyl (C=O) groups excluding carboxylic acids is 2. The minimum absolute atomic E-state index is 0.184. The van der Waals surface area contributed by atoms with Crippen molar-refractivity contribution in [1.29, 1.82) is 0 Å². The largest absolute Gasteiger partial charge is 0.497 e. The fourth-order valence-electron chi connectivity index (χ4n) is 2.97. The summed E-state index contributed by atoms with van der Waals surface area (Å²) in [7, 11) is 1.57. The standard InChI is InChI=1S/C23H29FN2O4/c1-4-14-25-23(28)21(5-2)26(15-17-6-8-18(24)9-7-17)22(27)16-30-20-12-10-19(29-3)11-13-20/h6-13,21H,4-5,14-16H2,1-3H3,(H,25,28)/t21-/m1/s1. The maximum Gasteiger partial charge on any atom is 0.261 e. The molecule has 0 radical (unpaired) electrons. The van der Waals surface area contributed by atoms with Gasteiger partial charge in [0.25, 0.3) is 5.91 Å². The SMILES string of the molecule is CCCNC(=O)[C@@H](CC)N(Cc1ccc(F)cc1)C(=O)COc1ccc(OC)cc1. The van der Waals surface area contributed by atoms with Crippen LogP contribution in [0.1, 0.15) is 32.3 Å². The maximum absolute atomic E-state index is 13.3. The highest BCUT2D eigenvalue weighted by Crippen LogP contribution is 2.18. The number of amides is 2. The van der Waals surface area contributed by atoms with Crippen molar-refractivity contribution in [3.8, 4) is 11.5 Å². The van der Waals surface area contributed by atoms with Gasteiger partial charge in [0.05, 0.1) is 7.11 Å². The Balaban J connectivity index is 2.15. The number of nitrogens with one attached hydrogen (secondary N) is 1. The molecular formula is C23H29FN2O4. The third-order valence-corrected chi connectivity index (χ3v) is 4.62. The molecule has 0 aliphatic heterocycles. The molecular weight excluding hydrogens is 387 g/mol. The molecule has 2 rings (SSSR count). The molecule has 0 unspecified atom stereocenters. The van der Waals surface area contributed by atoms with Gasteiger partial charge >= 0.3 is 0 Å². The Morgan fingerprint density at radius 1 is 1.03 bits per heavy atom. The van der Waals surface area contributed by atoms with Crippen molar-refractivity contribution in [2.75, 3.05) is 20.3 Å². The Morgan fingerprint density at radius 2 is 1.67 bits per heavy atom. The molecule has 2 amide bonds. The van der Waals surface area contributed by atoms with Gasteiger partial charge in [-0.3, -0.25) is 9.59 Å². The lowest BCUT2D eigenvalue weighted by atomic mass is 10.1. The van der Waals surface area contributed by atoms with Crippen LogP contribution in [0.4, 0.5) is 4.39 Å². The molecule has 6 nitrogen and oxygen atoms in total. The summed E-state index contributed by atoms with van der Waals surface area (Å²) in [4.78, 5) is 27.1. The highest BCUT2D eigenvalue weighted by molar-refractivity contribution is 5.88. The van der Waals surface area contributed by atoms with Crippen LogP contribution in [0.25, 0.3) is 0 Å². The second-order valence-corrected chi connectivity index (χ2v) is 6.83. The molecule has 0 heterocycles. The molecule has 0 aromatic heterocycles. The van der Waals surface area contributed by atoms with Gasteiger partial charge in [-0.1, -0.05) is 26.0 Å². The predicted octanol–water partition coefficient (Wildman–Crippen LogP) is 3.55. The Bertz CT molecular complexity index is 809. The van der Waals surface area contributed by atoms with Gasteiger partial charge in [0, 0.05) is 13.1 Å². The third kappa shape index (κ3) is 6.76. The Kier molecular flexibility index (Phi) is 9.12. The quantitative estimate of drug-likeness (QED) is 0.608. The number of nitrogens with zero attached hydrogens (tertiary/aromatic N) is 1. The van der Waals surface area contributed by atoms with Crippen LogP contribution in [-0.4, -0.2) is 43.0 Å². The Labute approximate surface area is 177 Å². The van der Waals surface area contributed by atoms with E-state index in [9.17, 15) is 14.0 Å². The topological polar surface area (TPSA) is 67.9 Å². The molecule has 1 N–H and O–H groups in total. The smallest absolute Gasteiger partial charge is 0.261 e. The molecule has 0 bridgehead atoms. The first-order valence-corrected chi connectivity index (χ1v) is 10.1. The van der Waals surface area contributed by atoms with Gasteiger partial charge in [0.2, 0.25) is 5.91 Å². The molecule has 2 aromatic rings. The van der Waals surface area contributed by atoms with E-state index in [1.165, 1.54) is 17.0 Å². The van der Waals surface area contributed by atoms with Gasteiger partial charge in [0.1, 0.15) is 23.4 Å². The molecule has 30 heavy (non-hydrogen) atoms. The molecule has 1 atom stereocenters. The van der Waals surface area contributed by atoms with Gasteiger partial charge in [-0.2, -0.15) is 0 Å². The van der Waals surface area contributed by atoms with Crippen molar-refractivity contribution in [1.82, 2.24) is 10.2 Å². The van der Waals surface area contributed by atoms with E-state index >= 15 is 0 Å². The van der Waals surface area contributed by atoms with Gasteiger partial charge in [-0.05, 0) is 54.8 Å². The highest BCUT2D eigenvalue weighted by atomic mass is 19.1. The Morgan fingerprint density at radius 3 is 2.23 bits per heavy atom. The van der Waals surface area contributed by atoms with Crippen LogP contribution in [0, 0.1) is 5.82 Å².